The molecule has 7 N–H and O–H groups in total. The van der Waals surface area contributed by atoms with Crippen LogP contribution in [0.1, 0.15) is 7.65 Å². The van der Waals surface area contributed by atoms with Gasteiger partial charge in [0.1, 0.15) is 18.3 Å². The summed E-state index contributed by atoms with van der Waals surface area (Å²) in [6.07, 6.45) is -4.22. The summed E-state index contributed by atoms with van der Waals surface area (Å²) in [4.78, 5) is 39.1. The Labute approximate surface area is 183 Å². The molecule has 1 aliphatic rings. The molecule has 0 saturated carbocycles. The zero-order valence-corrected chi connectivity index (χ0v) is 16.9. The summed E-state index contributed by atoms with van der Waals surface area (Å²) in [7, 11) is -4.76. The van der Waals surface area contributed by atoms with Crippen LogP contribution in [-0.2, 0) is 13.8 Å². The number of rotatable bonds is 4. The second-order valence-electron chi connectivity index (χ2n) is 5.11. The molecule has 0 spiro atoms. The van der Waals surface area contributed by atoms with Crippen LogP contribution < -0.4 is 62.7 Å². The molecule has 4 atom stereocenters. The van der Waals surface area contributed by atoms with Crippen LogP contribution in [0.25, 0.3) is 11.2 Å². The molecule has 25 heavy (non-hydrogen) atoms. The van der Waals surface area contributed by atoms with Gasteiger partial charge >= 0.3 is 59.2 Å². The maximum Gasteiger partial charge on any atom is 1.00 e. The molecule has 2 aromatic rings. The van der Waals surface area contributed by atoms with E-state index in [9.17, 15) is 19.6 Å². The van der Waals surface area contributed by atoms with Gasteiger partial charge in [0.15, 0.2) is 17.4 Å². The number of nitrogen functional groups attached to an aromatic ring is 1. The molecule has 0 radical (unpaired) electrons. The fourth-order valence-electron chi connectivity index (χ4n) is 2.40. The summed E-state index contributed by atoms with van der Waals surface area (Å²) in [5, 5.41) is 20.1. The number of hydrogen-bond acceptors (Lipinski definition) is 9. The number of anilines is 1. The Bertz CT molecular complexity index is 873. The quantitative estimate of drug-likeness (QED) is 0.210. The number of ether oxygens (including phenoxy) is 1. The smallest absolute Gasteiger partial charge is 1.00 e. The van der Waals surface area contributed by atoms with Gasteiger partial charge in [-0.25, -0.2) is 9.55 Å². The molecule has 1 saturated heterocycles. The maximum atomic E-state index is 11.7. The van der Waals surface area contributed by atoms with E-state index in [0.717, 1.165) is 0 Å². The summed E-state index contributed by atoms with van der Waals surface area (Å²) in [6, 6.07) is 0. The molecule has 1 aliphatic heterocycles. The second-order valence-corrected chi connectivity index (χ2v) is 6.35. The number of phosphoric ester groups is 1. The van der Waals surface area contributed by atoms with Crippen LogP contribution in [-0.4, -0.2) is 64.4 Å². The fourth-order valence-corrected chi connectivity index (χ4v) is 2.74. The first-order valence-electron chi connectivity index (χ1n) is 6.61. The monoisotopic (exact) mass is 403 g/mol. The van der Waals surface area contributed by atoms with E-state index in [1.54, 1.807) is 0 Å². The minimum atomic E-state index is -4.76. The van der Waals surface area contributed by atoms with Gasteiger partial charge in [0, 0.05) is 0 Å². The standard InChI is InChI=1S/C10H14N5O8P.K.H/c11-10-13-7-4(8(18)14-10)12-2-15(7)9-6(17)5(16)3(23-9)1-22-24(19,20)21;;/h2-3,5-6,9,16-17H,1H2,(H2,19,20,21)(H3,11,13,14,18);;/q;+1;-1/t3-,5-,6-,9-;;/m1../s1. The second kappa shape index (κ2) is 7.80. The van der Waals surface area contributed by atoms with E-state index in [-0.39, 0.29) is 69.9 Å². The number of phosphoric acid groups is 1. The topological polar surface area (TPSA) is 206 Å². The summed E-state index contributed by atoms with van der Waals surface area (Å²) >= 11 is 0. The van der Waals surface area contributed by atoms with E-state index in [2.05, 4.69) is 19.5 Å². The Kier molecular flexibility index (Phi) is 6.57. The van der Waals surface area contributed by atoms with Crippen LogP contribution >= 0.6 is 7.82 Å². The molecule has 0 aliphatic carbocycles. The summed E-state index contributed by atoms with van der Waals surface area (Å²) in [6.45, 7) is -0.651. The molecule has 0 aromatic carbocycles. The first kappa shape index (κ1) is 21.1. The number of aromatic amines is 1. The third-order valence-corrected chi connectivity index (χ3v) is 3.95. The van der Waals surface area contributed by atoms with Crippen LogP contribution in [0.2, 0.25) is 0 Å². The van der Waals surface area contributed by atoms with Crippen molar-refractivity contribution < 1.29 is 86.6 Å². The van der Waals surface area contributed by atoms with E-state index in [1.165, 1.54) is 10.9 Å². The number of nitrogens with two attached hydrogens (primary N) is 1. The number of nitrogens with one attached hydrogen (secondary N) is 1. The first-order chi connectivity index (χ1) is 11.2. The molecule has 1 fully saturated rings. The van der Waals surface area contributed by atoms with Gasteiger partial charge in [0.2, 0.25) is 5.95 Å². The average Bonchev–Trinajstić information content (AvgIpc) is 3.00. The van der Waals surface area contributed by atoms with Gasteiger partial charge in [-0.3, -0.25) is 18.9 Å². The summed E-state index contributed by atoms with van der Waals surface area (Å²) < 4.78 is 21.6. The van der Waals surface area contributed by atoms with Gasteiger partial charge < -0.3 is 31.9 Å². The van der Waals surface area contributed by atoms with Gasteiger partial charge in [-0.15, -0.1) is 0 Å². The van der Waals surface area contributed by atoms with Gasteiger partial charge in [-0.05, 0) is 0 Å². The molecule has 15 heteroatoms. The normalized spacial score (nSPS) is 26.7. The Morgan fingerprint density at radius 1 is 1.44 bits per heavy atom. The van der Waals surface area contributed by atoms with Crippen molar-refractivity contribution in [1.82, 2.24) is 19.5 Å². The zero-order chi connectivity index (χ0) is 17.6. The van der Waals surface area contributed by atoms with Crippen molar-refractivity contribution in [3.05, 3.63) is 16.7 Å². The largest absolute Gasteiger partial charge is 1.00 e. The Morgan fingerprint density at radius 3 is 2.76 bits per heavy atom. The molecule has 0 bridgehead atoms. The Hall–Kier alpha value is -0.224. The predicted octanol–water partition coefficient (Wildman–Crippen LogP) is -5.45. The summed E-state index contributed by atoms with van der Waals surface area (Å²) in [5.74, 6) is -0.177. The zero-order valence-electron chi connectivity index (χ0n) is 13.9. The van der Waals surface area contributed by atoms with Crippen LogP contribution in [0.5, 0.6) is 0 Å². The van der Waals surface area contributed by atoms with Crippen molar-refractivity contribution in [3.63, 3.8) is 0 Å². The molecular weight excluding hydrogens is 388 g/mol. The van der Waals surface area contributed by atoms with E-state index in [4.69, 9.17) is 20.3 Å². The molecule has 3 rings (SSSR count). The number of hydrogen-bond donors (Lipinski definition) is 6. The van der Waals surface area contributed by atoms with E-state index in [1.807, 2.05) is 0 Å². The van der Waals surface area contributed by atoms with Crippen molar-refractivity contribution in [2.24, 2.45) is 0 Å². The number of nitrogens with zero attached hydrogens (tertiary/aromatic N) is 3. The van der Waals surface area contributed by atoms with E-state index >= 15 is 0 Å². The van der Waals surface area contributed by atoms with Gasteiger partial charge in [0.05, 0.1) is 12.9 Å². The molecule has 2 aromatic heterocycles. The molecular formula is C10H15KN5O8P. The number of fused-ring (bicyclic) bond motifs is 1. The van der Waals surface area contributed by atoms with Crippen molar-refractivity contribution in [3.8, 4) is 0 Å². The molecule has 13 nitrogen and oxygen atoms in total. The molecule has 0 amide bonds. The van der Waals surface area contributed by atoms with Crippen LogP contribution in [0.3, 0.4) is 0 Å². The fraction of sp³-hybridized carbons (Fsp3) is 0.500. The number of H-pyrrole nitrogens is 1. The van der Waals surface area contributed by atoms with Crippen molar-refractivity contribution >= 4 is 24.9 Å². The predicted molar refractivity (Wildman–Crippen MR) is 77.6 cm³/mol. The van der Waals surface area contributed by atoms with Crippen LogP contribution in [0.4, 0.5) is 5.95 Å². The van der Waals surface area contributed by atoms with E-state index in [0.29, 0.717) is 0 Å². The third kappa shape index (κ3) is 4.37. The molecule has 3 heterocycles. The van der Waals surface area contributed by atoms with Crippen molar-refractivity contribution in [2.45, 2.75) is 24.5 Å². The Balaban J connectivity index is 0.00000169. The van der Waals surface area contributed by atoms with E-state index < -0.39 is 44.5 Å². The third-order valence-electron chi connectivity index (χ3n) is 3.47. The first-order valence-corrected chi connectivity index (χ1v) is 8.14. The van der Waals surface area contributed by atoms with Crippen molar-refractivity contribution in [1.29, 1.82) is 0 Å². The van der Waals surface area contributed by atoms with Gasteiger partial charge in [0.25, 0.3) is 5.56 Å². The minimum absolute atomic E-state index is 0. The SMILES string of the molecule is Nc1nc2c(ncn2[C@@H]2O[C@H](COP(=O)(O)O)[C@@H](O)[C@H]2O)c(=O)[nH]1.[H-].[K+]. The maximum absolute atomic E-state index is 11.7. The Morgan fingerprint density at radius 2 is 2.12 bits per heavy atom. The van der Waals surface area contributed by atoms with Crippen LogP contribution in [0.15, 0.2) is 11.1 Å². The number of aliphatic hydroxyl groups is 2. The summed E-state index contributed by atoms with van der Waals surface area (Å²) in [5.41, 5.74) is 4.84. The average molecular weight is 403 g/mol. The molecule has 134 valence electrons. The number of aromatic nitrogens is 4. The van der Waals surface area contributed by atoms with Crippen molar-refractivity contribution in [2.75, 3.05) is 12.3 Å². The number of imidazole rings is 1. The van der Waals surface area contributed by atoms with Crippen LogP contribution in [0, 0.1) is 0 Å². The molecule has 0 unspecified atom stereocenters. The number of aliphatic hydroxyl groups excluding tert-OH is 2. The van der Waals surface area contributed by atoms with Gasteiger partial charge in [-0.2, -0.15) is 4.98 Å². The minimum Gasteiger partial charge on any atom is -1.00 e. The van der Waals surface area contributed by atoms with Gasteiger partial charge in [-0.1, -0.05) is 0 Å².